The van der Waals surface area contributed by atoms with Crippen molar-refractivity contribution in [3.63, 3.8) is 0 Å². The van der Waals surface area contributed by atoms with Crippen LogP contribution in [0.25, 0.3) is 0 Å². The van der Waals surface area contributed by atoms with Gasteiger partial charge in [-0.2, -0.15) is 0 Å². The molecule has 1 rings (SSSR count). The topological polar surface area (TPSA) is 40.5 Å². The van der Waals surface area contributed by atoms with Gasteiger partial charge in [0.25, 0.3) is 0 Å². The predicted molar refractivity (Wildman–Crippen MR) is 51.7 cm³/mol. The second-order valence-corrected chi connectivity index (χ2v) is 2.85. The first-order valence-electron chi connectivity index (χ1n) is 3.82. The third-order valence-electron chi connectivity index (χ3n) is 1.42. The van der Waals surface area contributed by atoms with Crippen LogP contribution in [0.15, 0.2) is 18.2 Å². The number of benzene rings is 1. The summed E-state index contributed by atoms with van der Waals surface area (Å²) in [6.07, 6.45) is 0.434. The van der Waals surface area contributed by atoms with E-state index in [1.807, 2.05) is 0 Å². The van der Waals surface area contributed by atoms with Gasteiger partial charge in [-0.05, 0) is 18.2 Å². The van der Waals surface area contributed by atoms with Gasteiger partial charge in [0.1, 0.15) is 5.75 Å². The molecule has 0 aromatic heterocycles. The first-order valence-corrected chi connectivity index (χ1v) is 4.20. The molecule has 0 amide bonds. The molecule has 0 unspecified atom stereocenters. The number of rotatable bonds is 1. The molecular formula is C10H9ClO2. The van der Waals surface area contributed by atoms with Gasteiger partial charge in [-0.25, -0.2) is 0 Å². The number of phenolic OH excluding ortho intramolecular Hbond substituents is 1. The lowest BCUT2D eigenvalue weighted by Crippen LogP contribution is -1.78. The van der Waals surface area contributed by atoms with Gasteiger partial charge in [0, 0.05) is 12.0 Å². The first-order chi connectivity index (χ1) is 6.24. The average Bonchev–Trinajstić information content (AvgIpc) is 2.12. The quantitative estimate of drug-likeness (QED) is 0.673. The van der Waals surface area contributed by atoms with Crippen LogP contribution >= 0.6 is 11.6 Å². The first kappa shape index (κ1) is 9.91. The summed E-state index contributed by atoms with van der Waals surface area (Å²) in [6.45, 7) is 0.0482. The van der Waals surface area contributed by atoms with Crippen LogP contribution in [-0.2, 0) is 0 Å². The van der Waals surface area contributed by atoms with Crippen molar-refractivity contribution in [1.82, 2.24) is 0 Å². The van der Waals surface area contributed by atoms with Crippen LogP contribution < -0.4 is 0 Å². The van der Waals surface area contributed by atoms with Crippen molar-refractivity contribution < 1.29 is 10.2 Å². The molecule has 0 spiro atoms. The van der Waals surface area contributed by atoms with Crippen molar-refractivity contribution in [2.45, 2.75) is 6.42 Å². The zero-order chi connectivity index (χ0) is 9.68. The molecule has 0 aliphatic carbocycles. The molecule has 0 bridgehead atoms. The molecule has 13 heavy (non-hydrogen) atoms. The highest BCUT2D eigenvalue weighted by Crippen LogP contribution is 2.22. The third kappa shape index (κ3) is 2.98. The fourth-order valence-corrected chi connectivity index (χ4v) is 0.928. The van der Waals surface area contributed by atoms with E-state index in [1.165, 1.54) is 6.07 Å². The summed E-state index contributed by atoms with van der Waals surface area (Å²) in [5, 5.41) is 18.0. The van der Waals surface area contributed by atoms with Gasteiger partial charge in [0.15, 0.2) is 0 Å². The summed E-state index contributed by atoms with van der Waals surface area (Å²) >= 11 is 5.60. The van der Waals surface area contributed by atoms with E-state index in [9.17, 15) is 5.11 Å². The van der Waals surface area contributed by atoms with E-state index in [1.54, 1.807) is 12.1 Å². The molecule has 1 aromatic rings. The van der Waals surface area contributed by atoms with Crippen LogP contribution in [0.5, 0.6) is 5.75 Å². The van der Waals surface area contributed by atoms with Crippen LogP contribution in [0.2, 0.25) is 5.02 Å². The highest BCUT2D eigenvalue weighted by molar-refractivity contribution is 6.32. The Morgan fingerprint density at radius 1 is 1.38 bits per heavy atom. The van der Waals surface area contributed by atoms with Crippen molar-refractivity contribution in [2.24, 2.45) is 0 Å². The summed E-state index contributed by atoms with van der Waals surface area (Å²) in [7, 11) is 0. The van der Waals surface area contributed by atoms with Gasteiger partial charge in [-0.15, -0.1) is 0 Å². The number of aromatic hydroxyl groups is 1. The average molecular weight is 197 g/mol. The maximum atomic E-state index is 9.21. The molecule has 68 valence electrons. The predicted octanol–water partition coefficient (Wildman–Crippen LogP) is 1.78. The molecular weight excluding hydrogens is 188 g/mol. The normalized spacial score (nSPS) is 9.08. The van der Waals surface area contributed by atoms with Crippen LogP contribution in [0.4, 0.5) is 0 Å². The fourth-order valence-electron chi connectivity index (χ4n) is 0.811. The zero-order valence-electron chi connectivity index (χ0n) is 6.92. The van der Waals surface area contributed by atoms with E-state index in [4.69, 9.17) is 16.7 Å². The molecule has 0 saturated carbocycles. The summed E-state index contributed by atoms with van der Waals surface area (Å²) in [6, 6.07) is 4.79. The zero-order valence-corrected chi connectivity index (χ0v) is 7.67. The van der Waals surface area contributed by atoms with Gasteiger partial charge in [-0.3, -0.25) is 0 Å². The van der Waals surface area contributed by atoms with Crippen molar-refractivity contribution in [3.8, 4) is 17.6 Å². The third-order valence-corrected chi connectivity index (χ3v) is 1.74. The Balaban J connectivity index is 2.81. The lowest BCUT2D eigenvalue weighted by Gasteiger charge is -1.95. The molecule has 1 aromatic carbocycles. The van der Waals surface area contributed by atoms with Crippen molar-refractivity contribution in [2.75, 3.05) is 6.61 Å². The molecule has 0 fully saturated rings. The Hall–Kier alpha value is -1.17. The summed E-state index contributed by atoms with van der Waals surface area (Å²) < 4.78 is 0. The second kappa shape index (κ2) is 4.76. The molecule has 0 saturated heterocycles. The van der Waals surface area contributed by atoms with Gasteiger partial charge in [-0.1, -0.05) is 23.4 Å². The van der Waals surface area contributed by atoms with E-state index >= 15 is 0 Å². The summed E-state index contributed by atoms with van der Waals surface area (Å²) in [5.41, 5.74) is 0.690. The minimum atomic E-state index is 0.0254. The lowest BCUT2D eigenvalue weighted by molar-refractivity contribution is 0.305. The van der Waals surface area contributed by atoms with Gasteiger partial charge in [0.2, 0.25) is 0 Å². The van der Waals surface area contributed by atoms with E-state index in [2.05, 4.69) is 11.8 Å². The van der Waals surface area contributed by atoms with E-state index in [-0.39, 0.29) is 12.4 Å². The highest BCUT2D eigenvalue weighted by atomic mass is 35.5. The van der Waals surface area contributed by atoms with Crippen molar-refractivity contribution in [3.05, 3.63) is 28.8 Å². The largest absolute Gasteiger partial charge is 0.506 e. The van der Waals surface area contributed by atoms with E-state index in [0.717, 1.165) is 0 Å². The number of phenols is 1. The Labute approximate surface area is 81.8 Å². The Morgan fingerprint density at radius 3 is 2.77 bits per heavy atom. The van der Waals surface area contributed by atoms with Crippen LogP contribution in [0.1, 0.15) is 12.0 Å². The Bertz CT molecular complexity index is 350. The van der Waals surface area contributed by atoms with Crippen LogP contribution in [0.3, 0.4) is 0 Å². The van der Waals surface area contributed by atoms with Crippen LogP contribution in [0, 0.1) is 11.8 Å². The number of aliphatic hydroxyl groups is 1. The smallest absolute Gasteiger partial charge is 0.135 e. The molecule has 0 heterocycles. The number of hydrogen-bond donors (Lipinski definition) is 2. The SMILES string of the molecule is OCCC#Cc1ccc(Cl)c(O)c1. The lowest BCUT2D eigenvalue weighted by atomic mass is 10.2. The number of halogens is 1. The summed E-state index contributed by atoms with van der Waals surface area (Å²) in [5.74, 6) is 5.55. The molecule has 0 aliphatic rings. The maximum absolute atomic E-state index is 9.21. The molecule has 0 aliphatic heterocycles. The minimum absolute atomic E-state index is 0.0254. The monoisotopic (exact) mass is 196 g/mol. The molecule has 0 atom stereocenters. The second-order valence-electron chi connectivity index (χ2n) is 2.44. The number of hydrogen-bond acceptors (Lipinski definition) is 2. The molecule has 3 heteroatoms. The highest BCUT2D eigenvalue weighted by Gasteiger charge is 1.96. The van der Waals surface area contributed by atoms with E-state index < -0.39 is 0 Å². The van der Waals surface area contributed by atoms with E-state index in [0.29, 0.717) is 17.0 Å². The molecule has 0 radical (unpaired) electrons. The van der Waals surface area contributed by atoms with Crippen molar-refractivity contribution >= 4 is 11.6 Å². The standard InChI is InChI=1S/C10H9ClO2/c11-9-5-4-8(7-10(9)13)3-1-2-6-12/h4-5,7,12-13H,2,6H2. The molecule has 2 nitrogen and oxygen atoms in total. The molecule has 2 N–H and O–H groups in total. The fraction of sp³-hybridized carbons (Fsp3) is 0.200. The number of aliphatic hydroxyl groups excluding tert-OH is 1. The van der Waals surface area contributed by atoms with Crippen molar-refractivity contribution in [1.29, 1.82) is 0 Å². The minimum Gasteiger partial charge on any atom is -0.506 e. The van der Waals surface area contributed by atoms with Crippen LogP contribution in [-0.4, -0.2) is 16.8 Å². The summed E-state index contributed by atoms with van der Waals surface area (Å²) in [4.78, 5) is 0. The van der Waals surface area contributed by atoms with Gasteiger partial charge in [0.05, 0.1) is 11.6 Å². The Kier molecular flexibility index (Phi) is 3.63. The van der Waals surface area contributed by atoms with Gasteiger partial charge >= 0.3 is 0 Å². The van der Waals surface area contributed by atoms with Gasteiger partial charge < -0.3 is 10.2 Å². The maximum Gasteiger partial charge on any atom is 0.135 e. The Morgan fingerprint density at radius 2 is 2.15 bits per heavy atom.